The fourth-order valence-corrected chi connectivity index (χ4v) is 2.44. The van der Waals surface area contributed by atoms with E-state index in [0.717, 1.165) is 20.2 Å². The molecule has 18 heavy (non-hydrogen) atoms. The normalized spacial score (nSPS) is 12.2. The molecule has 0 aliphatic carbocycles. The highest BCUT2D eigenvalue weighted by Gasteiger charge is 2.08. The van der Waals surface area contributed by atoms with Gasteiger partial charge in [0.25, 0.3) is 0 Å². The predicted molar refractivity (Wildman–Crippen MR) is 82.0 cm³/mol. The average Bonchev–Trinajstić information content (AvgIpc) is 2.34. The van der Waals surface area contributed by atoms with Crippen LogP contribution < -0.4 is 5.32 Å². The summed E-state index contributed by atoms with van der Waals surface area (Å²) in [6.45, 7) is 2.06. The molecule has 0 amide bonds. The molecule has 2 nitrogen and oxygen atoms in total. The summed E-state index contributed by atoms with van der Waals surface area (Å²) in [5, 5.41) is 12.9. The lowest BCUT2D eigenvalue weighted by Gasteiger charge is -2.17. The van der Waals surface area contributed by atoms with Crippen LogP contribution in [0.4, 0.5) is 5.69 Å². The van der Waals surface area contributed by atoms with Gasteiger partial charge in [0.15, 0.2) is 0 Å². The van der Waals surface area contributed by atoms with Crippen molar-refractivity contribution in [2.45, 2.75) is 13.0 Å². The van der Waals surface area contributed by atoms with E-state index in [9.17, 15) is 5.11 Å². The second kappa shape index (κ2) is 5.76. The summed E-state index contributed by atoms with van der Waals surface area (Å²) in [6, 6.07) is 13.4. The molecule has 0 spiro atoms. The minimum atomic E-state index is 0.114. The Morgan fingerprint density at radius 2 is 1.89 bits per heavy atom. The van der Waals surface area contributed by atoms with Crippen LogP contribution >= 0.6 is 31.9 Å². The van der Waals surface area contributed by atoms with E-state index in [2.05, 4.69) is 44.1 Å². The Morgan fingerprint density at radius 1 is 1.11 bits per heavy atom. The van der Waals surface area contributed by atoms with Crippen molar-refractivity contribution < 1.29 is 5.11 Å². The maximum Gasteiger partial charge on any atom is 0.115 e. The number of phenols is 1. The van der Waals surface area contributed by atoms with E-state index in [4.69, 9.17) is 0 Å². The Labute approximate surface area is 123 Å². The third kappa shape index (κ3) is 3.27. The van der Waals surface area contributed by atoms with Gasteiger partial charge in [-0.15, -0.1) is 0 Å². The van der Waals surface area contributed by atoms with Crippen molar-refractivity contribution in [3.05, 3.63) is 57.0 Å². The Balaban J connectivity index is 2.21. The zero-order valence-electron chi connectivity index (χ0n) is 9.82. The van der Waals surface area contributed by atoms with Crippen molar-refractivity contribution >= 4 is 37.5 Å². The quantitative estimate of drug-likeness (QED) is 0.788. The summed E-state index contributed by atoms with van der Waals surface area (Å²) in [5.41, 5.74) is 2.06. The molecule has 2 aromatic rings. The first-order chi connectivity index (χ1) is 8.56. The number of anilines is 1. The lowest BCUT2D eigenvalue weighted by Crippen LogP contribution is -2.06. The Kier molecular flexibility index (Phi) is 4.30. The molecule has 2 rings (SSSR count). The van der Waals surface area contributed by atoms with Crippen LogP contribution in [0.1, 0.15) is 18.5 Å². The lowest BCUT2D eigenvalue weighted by molar-refractivity contribution is 0.474. The number of hydrogen-bond acceptors (Lipinski definition) is 2. The second-order valence-electron chi connectivity index (χ2n) is 4.09. The summed E-state index contributed by atoms with van der Waals surface area (Å²) >= 11 is 6.97. The molecule has 0 saturated carbocycles. The number of rotatable bonds is 3. The van der Waals surface area contributed by atoms with E-state index in [0.29, 0.717) is 0 Å². The fourth-order valence-electron chi connectivity index (χ4n) is 1.72. The van der Waals surface area contributed by atoms with E-state index >= 15 is 0 Å². The molecule has 1 unspecified atom stereocenters. The minimum absolute atomic E-state index is 0.114. The van der Waals surface area contributed by atoms with Gasteiger partial charge in [-0.2, -0.15) is 0 Å². The van der Waals surface area contributed by atoms with Gasteiger partial charge in [0.1, 0.15) is 5.75 Å². The molecule has 1 atom stereocenters. The maximum absolute atomic E-state index is 9.48. The summed E-state index contributed by atoms with van der Waals surface area (Å²) in [6.07, 6.45) is 0. The van der Waals surface area contributed by atoms with Crippen LogP contribution in [0.25, 0.3) is 0 Å². The summed E-state index contributed by atoms with van der Waals surface area (Å²) in [4.78, 5) is 0. The zero-order chi connectivity index (χ0) is 13.1. The first kappa shape index (κ1) is 13.4. The highest BCUT2D eigenvalue weighted by atomic mass is 79.9. The molecule has 0 radical (unpaired) electrons. The van der Waals surface area contributed by atoms with Gasteiger partial charge >= 0.3 is 0 Å². The number of benzene rings is 2. The number of hydrogen-bond donors (Lipinski definition) is 2. The van der Waals surface area contributed by atoms with Crippen LogP contribution in [0.5, 0.6) is 5.75 Å². The standard InChI is InChI=1S/C14H13Br2NO/c1-9(10-3-2-4-12(18)7-10)17-14-8-11(15)5-6-13(14)16/h2-9,17-18H,1H3. The van der Waals surface area contributed by atoms with E-state index in [1.54, 1.807) is 12.1 Å². The molecular weight excluding hydrogens is 358 g/mol. The first-order valence-electron chi connectivity index (χ1n) is 5.57. The molecule has 0 fully saturated rings. The summed E-state index contributed by atoms with van der Waals surface area (Å²) < 4.78 is 2.04. The average molecular weight is 371 g/mol. The Hall–Kier alpha value is -1.00. The van der Waals surface area contributed by atoms with Crippen LogP contribution in [0.2, 0.25) is 0 Å². The fraction of sp³-hybridized carbons (Fsp3) is 0.143. The van der Waals surface area contributed by atoms with Gasteiger partial charge in [0, 0.05) is 15.0 Å². The highest BCUT2D eigenvalue weighted by Crippen LogP contribution is 2.30. The third-order valence-electron chi connectivity index (χ3n) is 2.67. The largest absolute Gasteiger partial charge is 0.508 e. The van der Waals surface area contributed by atoms with Crippen molar-refractivity contribution in [1.82, 2.24) is 0 Å². The molecule has 4 heteroatoms. The van der Waals surface area contributed by atoms with Crippen molar-refractivity contribution in [3.63, 3.8) is 0 Å². The van der Waals surface area contributed by atoms with E-state index in [1.165, 1.54) is 0 Å². The van der Waals surface area contributed by atoms with Crippen LogP contribution in [-0.2, 0) is 0 Å². The molecule has 2 N–H and O–H groups in total. The molecule has 0 saturated heterocycles. The van der Waals surface area contributed by atoms with E-state index in [-0.39, 0.29) is 11.8 Å². The van der Waals surface area contributed by atoms with Crippen molar-refractivity contribution in [2.24, 2.45) is 0 Å². The highest BCUT2D eigenvalue weighted by molar-refractivity contribution is 9.11. The number of halogens is 2. The van der Waals surface area contributed by atoms with Gasteiger partial charge in [-0.3, -0.25) is 0 Å². The minimum Gasteiger partial charge on any atom is -0.508 e. The SMILES string of the molecule is CC(Nc1cc(Br)ccc1Br)c1cccc(O)c1. The van der Waals surface area contributed by atoms with Crippen LogP contribution in [0, 0.1) is 0 Å². The van der Waals surface area contributed by atoms with Crippen molar-refractivity contribution in [2.75, 3.05) is 5.32 Å². The second-order valence-corrected chi connectivity index (χ2v) is 5.86. The Bertz CT molecular complexity index is 557. The molecule has 2 aromatic carbocycles. The lowest BCUT2D eigenvalue weighted by atomic mass is 10.1. The summed E-state index contributed by atoms with van der Waals surface area (Å²) in [5.74, 6) is 0.287. The predicted octanol–water partition coefficient (Wildman–Crippen LogP) is 5.09. The molecule has 0 aliphatic heterocycles. The topological polar surface area (TPSA) is 32.3 Å². The monoisotopic (exact) mass is 369 g/mol. The van der Waals surface area contributed by atoms with Crippen LogP contribution in [0.3, 0.4) is 0 Å². The van der Waals surface area contributed by atoms with Gasteiger partial charge in [0.05, 0.1) is 5.69 Å². The smallest absolute Gasteiger partial charge is 0.115 e. The molecule has 0 bridgehead atoms. The van der Waals surface area contributed by atoms with Gasteiger partial charge in [-0.05, 0) is 58.7 Å². The number of aromatic hydroxyl groups is 1. The first-order valence-corrected chi connectivity index (χ1v) is 7.15. The van der Waals surface area contributed by atoms with Crippen molar-refractivity contribution in [1.29, 1.82) is 0 Å². The molecule has 0 aliphatic rings. The van der Waals surface area contributed by atoms with E-state index in [1.807, 2.05) is 30.3 Å². The maximum atomic E-state index is 9.48. The van der Waals surface area contributed by atoms with Crippen molar-refractivity contribution in [3.8, 4) is 5.75 Å². The number of phenolic OH excluding ortho intramolecular Hbond substituents is 1. The third-order valence-corrected chi connectivity index (χ3v) is 3.86. The molecule has 0 aromatic heterocycles. The van der Waals surface area contributed by atoms with Crippen LogP contribution in [-0.4, -0.2) is 5.11 Å². The van der Waals surface area contributed by atoms with Gasteiger partial charge in [0.2, 0.25) is 0 Å². The Morgan fingerprint density at radius 3 is 2.61 bits per heavy atom. The molecule has 94 valence electrons. The molecule has 0 heterocycles. The van der Waals surface area contributed by atoms with Gasteiger partial charge in [-0.1, -0.05) is 28.1 Å². The van der Waals surface area contributed by atoms with E-state index < -0.39 is 0 Å². The number of nitrogens with one attached hydrogen (secondary N) is 1. The molecular formula is C14H13Br2NO. The van der Waals surface area contributed by atoms with Crippen LogP contribution in [0.15, 0.2) is 51.4 Å². The summed E-state index contributed by atoms with van der Waals surface area (Å²) in [7, 11) is 0. The zero-order valence-corrected chi connectivity index (χ0v) is 13.0. The van der Waals surface area contributed by atoms with Gasteiger partial charge in [-0.25, -0.2) is 0 Å². The van der Waals surface area contributed by atoms with Gasteiger partial charge < -0.3 is 10.4 Å².